The molecule has 2 aromatic rings. The maximum atomic E-state index is 15.1. The highest BCUT2D eigenvalue weighted by molar-refractivity contribution is 5.88. The SMILES string of the molecule is COC[C@@H]1C[C@@H](c2ccc(C(F)(F)F)cc2N2CCC(C(=O)O)CC2)CN1C(=O)[C@]1(OC)CN(C2CCCC2)C[C@H]1c1ccc(OC)cc1. The summed E-state index contributed by atoms with van der Waals surface area (Å²) in [6.45, 7) is 2.40. The number of carboxylic acid groups (broad SMARTS) is 1. The van der Waals surface area contributed by atoms with Crippen LogP contribution in [0.2, 0.25) is 0 Å². The van der Waals surface area contributed by atoms with E-state index in [-0.39, 0.29) is 30.4 Å². The lowest BCUT2D eigenvalue weighted by Crippen LogP contribution is -2.56. The lowest BCUT2D eigenvalue weighted by atomic mass is 9.83. The minimum Gasteiger partial charge on any atom is -0.497 e. The first-order chi connectivity index (χ1) is 23.5. The summed E-state index contributed by atoms with van der Waals surface area (Å²) in [6, 6.07) is 11.8. The predicted octanol–water partition coefficient (Wildman–Crippen LogP) is 5.77. The molecular formula is C37H48F3N3O6. The molecule has 49 heavy (non-hydrogen) atoms. The van der Waals surface area contributed by atoms with Gasteiger partial charge in [0.05, 0.1) is 31.2 Å². The Morgan fingerprint density at radius 3 is 2.24 bits per heavy atom. The number of anilines is 1. The Hall–Kier alpha value is -3.35. The van der Waals surface area contributed by atoms with Gasteiger partial charge in [0.1, 0.15) is 5.75 Å². The molecule has 268 valence electrons. The number of alkyl halides is 3. The average Bonchev–Trinajstić information content (AvgIpc) is 3.87. The summed E-state index contributed by atoms with van der Waals surface area (Å²) >= 11 is 0. The number of nitrogens with zero attached hydrogens (tertiary/aromatic N) is 3. The number of aliphatic carboxylic acids is 1. The number of rotatable bonds is 10. The third-order valence-corrected chi connectivity index (χ3v) is 11.5. The van der Waals surface area contributed by atoms with Crippen molar-refractivity contribution in [2.45, 2.75) is 80.6 Å². The van der Waals surface area contributed by atoms with E-state index >= 15 is 4.79 Å². The molecule has 0 bridgehead atoms. The van der Waals surface area contributed by atoms with Gasteiger partial charge in [-0.25, -0.2) is 0 Å². The van der Waals surface area contributed by atoms with E-state index < -0.39 is 29.2 Å². The number of hydrogen-bond acceptors (Lipinski definition) is 7. The lowest BCUT2D eigenvalue weighted by Gasteiger charge is -2.38. The molecule has 0 spiro atoms. The Morgan fingerprint density at radius 2 is 1.65 bits per heavy atom. The van der Waals surface area contributed by atoms with Gasteiger partial charge in [-0.05, 0) is 67.5 Å². The number of carbonyl (C=O) groups excluding carboxylic acids is 1. The number of ether oxygens (including phenoxy) is 3. The molecule has 3 heterocycles. The van der Waals surface area contributed by atoms with Crippen molar-refractivity contribution < 1.29 is 42.1 Å². The second-order valence-electron chi connectivity index (χ2n) is 14.2. The summed E-state index contributed by atoms with van der Waals surface area (Å²) in [4.78, 5) is 32.8. The van der Waals surface area contributed by atoms with Crippen molar-refractivity contribution in [2.75, 3.05) is 65.6 Å². The molecule has 2 aromatic carbocycles. The van der Waals surface area contributed by atoms with Crippen molar-refractivity contribution in [3.05, 3.63) is 59.2 Å². The van der Waals surface area contributed by atoms with Crippen LogP contribution in [0, 0.1) is 5.92 Å². The minimum absolute atomic E-state index is 0.128. The molecule has 1 amide bonds. The fourth-order valence-corrected chi connectivity index (χ4v) is 8.82. The van der Waals surface area contributed by atoms with E-state index in [1.807, 2.05) is 34.1 Å². The Balaban J connectivity index is 1.34. The normalized spacial score (nSPS) is 27.3. The smallest absolute Gasteiger partial charge is 0.416 e. The standard InChI is InChI=1S/C37H48F3N3O6/c1-47-22-29-18-26(31-13-10-27(37(38,39)40)19-33(31)41-16-14-25(15-17-41)34(44)45)20-43(29)35(46)36(49-3)23-42(28-6-4-5-7-28)21-32(36)24-8-11-30(48-2)12-9-24/h8-13,19,25-26,28-29,32H,4-7,14-18,20-23H2,1-3H3,(H,44,45)/t26-,29+,32+,36+/m1/s1. The Morgan fingerprint density at radius 1 is 0.959 bits per heavy atom. The summed E-state index contributed by atoms with van der Waals surface area (Å²) < 4.78 is 59.3. The second kappa shape index (κ2) is 14.5. The number of methoxy groups -OCH3 is 3. The van der Waals surface area contributed by atoms with Crippen LogP contribution in [0.15, 0.2) is 42.5 Å². The molecule has 1 aliphatic carbocycles. The Kier molecular flexibility index (Phi) is 10.5. The summed E-state index contributed by atoms with van der Waals surface area (Å²) in [5.41, 5.74) is 0.269. The van der Waals surface area contributed by atoms with Crippen molar-refractivity contribution in [3.8, 4) is 5.75 Å². The third kappa shape index (κ3) is 7.01. The number of likely N-dealkylation sites (tertiary alicyclic amines) is 2. The van der Waals surface area contributed by atoms with Crippen molar-refractivity contribution in [1.82, 2.24) is 9.80 Å². The largest absolute Gasteiger partial charge is 0.497 e. The van der Waals surface area contributed by atoms with E-state index in [1.54, 1.807) is 27.4 Å². The van der Waals surface area contributed by atoms with Gasteiger partial charge in [-0.15, -0.1) is 0 Å². The van der Waals surface area contributed by atoms with Crippen LogP contribution in [-0.4, -0.2) is 105 Å². The van der Waals surface area contributed by atoms with Gasteiger partial charge in [-0.2, -0.15) is 13.2 Å². The third-order valence-electron chi connectivity index (χ3n) is 11.5. The first-order valence-electron chi connectivity index (χ1n) is 17.4. The van der Waals surface area contributed by atoms with Crippen LogP contribution >= 0.6 is 0 Å². The minimum atomic E-state index is -4.53. The molecule has 4 aliphatic rings. The quantitative estimate of drug-likeness (QED) is 0.337. The molecule has 3 saturated heterocycles. The highest BCUT2D eigenvalue weighted by atomic mass is 19.4. The van der Waals surface area contributed by atoms with Crippen LogP contribution < -0.4 is 9.64 Å². The molecule has 0 radical (unpaired) electrons. The van der Waals surface area contributed by atoms with Crippen LogP contribution in [0.25, 0.3) is 0 Å². The average molecular weight is 688 g/mol. The van der Waals surface area contributed by atoms with E-state index in [9.17, 15) is 23.1 Å². The van der Waals surface area contributed by atoms with Gasteiger partial charge in [-0.3, -0.25) is 14.5 Å². The molecule has 6 rings (SSSR count). The predicted molar refractivity (Wildman–Crippen MR) is 178 cm³/mol. The summed E-state index contributed by atoms with van der Waals surface area (Å²) in [5, 5.41) is 9.52. The van der Waals surface area contributed by atoms with Crippen molar-refractivity contribution in [3.63, 3.8) is 0 Å². The summed E-state index contributed by atoms with van der Waals surface area (Å²) in [5.74, 6) is -1.29. The van der Waals surface area contributed by atoms with Gasteiger partial charge in [0, 0.05) is 70.5 Å². The number of hydrogen-bond donors (Lipinski definition) is 1. The molecular weight excluding hydrogens is 639 g/mol. The first kappa shape index (κ1) is 35.5. The van der Waals surface area contributed by atoms with Crippen LogP contribution in [0.3, 0.4) is 0 Å². The second-order valence-corrected chi connectivity index (χ2v) is 14.2. The highest BCUT2D eigenvalue weighted by Crippen LogP contribution is 2.47. The van der Waals surface area contributed by atoms with Crippen molar-refractivity contribution in [1.29, 1.82) is 0 Å². The molecule has 0 aromatic heterocycles. The van der Waals surface area contributed by atoms with Gasteiger partial charge in [0.2, 0.25) is 0 Å². The van der Waals surface area contributed by atoms with E-state index in [2.05, 4.69) is 4.90 Å². The lowest BCUT2D eigenvalue weighted by molar-refractivity contribution is -0.157. The molecule has 3 aliphatic heterocycles. The maximum Gasteiger partial charge on any atom is 0.416 e. The van der Waals surface area contributed by atoms with Crippen molar-refractivity contribution in [2.24, 2.45) is 5.92 Å². The summed E-state index contributed by atoms with van der Waals surface area (Å²) in [7, 11) is 4.82. The van der Waals surface area contributed by atoms with Gasteiger partial charge < -0.3 is 29.1 Å². The Labute approximate surface area is 286 Å². The van der Waals surface area contributed by atoms with Crippen LogP contribution in [0.5, 0.6) is 5.75 Å². The maximum absolute atomic E-state index is 15.1. The monoisotopic (exact) mass is 687 g/mol. The zero-order chi connectivity index (χ0) is 34.9. The van der Waals surface area contributed by atoms with Crippen LogP contribution in [-0.2, 0) is 25.2 Å². The van der Waals surface area contributed by atoms with Crippen LogP contribution in [0.1, 0.15) is 73.5 Å². The first-order valence-corrected chi connectivity index (χ1v) is 17.4. The fraction of sp³-hybridized carbons (Fsp3) is 0.622. The summed E-state index contributed by atoms with van der Waals surface area (Å²) in [6.07, 6.45) is 1.19. The van der Waals surface area contributed by atoms with Crippen LogP contribution in [0.4, 0.5) is 18.9 Å². The number of amides is 1. The molecule has 9 nitrogen and oxygen atoms in total. The fourth-order valence-electron chi connectivity index (χ4n) is 8.82. The number of halogens is 3. The molecule has 1 N–H and O–H groups in total. The number of piperidine rings is 1. The highest BCUT2D eigenvalue weighted by Gasteiger charge is 2.57. The molecule has 4 atom stereocenters. The number of benzene rings is 2. The van der Waals surface area contributed by atoms with E-state index in [4.69, 9.17) is 14.2 Å². The van der Waals surface area contributed by atoms with E-state index in [0.717, 1.165) is 48.6 Å². The number of carboxylic acids is 1. The Bertz CT molecular complexity index is 1470. The van der Waals surface area contributed by atoms with Gasteiger partial charge in [0.25, 0.3) is 5.91 Å². The van der Waals surface area contributed by atoms with Crippen molar-refractivity contribution >= 4 is 17.6 Å². The molecule has 0 unspecified atom stereocenters. The van der Waals surface area contributed by atoms with Gasteiger partial charge in [0.15, 0.2) is 5.60 Å². The number of carbonyl (C=O) groups is 2. The molecule has 12 heteroatoms. The topological polar surface area (TPSA) is 91.8 Å². The van der Waals surface area contributed by atoms with E-state index in [0.29, 0.717) is 63.7 Å². The zero-order valence-corrected chi connectivity index (χ0v) is 28.6. The van der Waals surface area contributed by atoms with Gasteiger partial charge >= 0.3 is 12.1 Å². The molecule has 4 fully saturated rings. The zero-order valence-electron chi connectivity index (χ0n) is 28.6. The van der Waals surface area contributed by atoms with Gasteiger partial charge in [-0.1, -0.05) is 31.0 Å². The molecule has 1 saturated carbocycles. The van der Waals surface area contributed by atoms with E-state index in [1.165, 1.54) is 6.07 Å².